The van der Waals surface area contributed by atoms with Crippen LogP contribution in [0.15, 0.2) is 36.4 Å². The summed E-state index contributed by atoms with van der Waals surface area (Å²) >= 11 is 1.39. The number of hydrogen-bond acceptors (Lipinski definition) is 5. The topological polar surface area (TPSA) is 63.4 Å². The lowest BCUT2D eigenvalue weighted by Crippen LogP contribution is -2.38. The van der Waals surface area contributed by atoms with E-state index >= 15 is 0 Å². The Kier molecular flexibility index (Phi) is 3.34. The van der Waals surface area contributed by atoms with Crippen LogP contribution in [-0.4, -0.2) is 36.7 Å². The Morgan fingerprint density at radius 2 is 2.27 bits per heavy atom. The maximum atomic E-state index is 12.7. The number of piperidine rings is 1. The van der Waals surface area contributed by atoms with Crippen molar-refractivity contribution in [2.45, 2.75) is 25.3 Å². The van der Waals surface area contributed by atoms with Crippen molar-refractivity contribution in [2.75, 3.05) is 6.54 Å². The molecule has 6 nitrogen and oxygen atoms in total. The van der Waals surface area contributed by atoms with Gasteiger partial charge in [-0.25, -0.2) is 9.97 Å². The van der Waals surface area contributed by atoms with E-state index < -0.39 is 0 Å². The van der Waals surface area contributed by atoms with Crippen molar-refractivity contribution < 1.29 is 4.79 Å². The monoisotopic (exact) mass is 313 g/mol. The number of carbonyl (C=O) groups excluding carboxylic acids is 1. The fraction of sp³-hybridized carbons (Fsp3) is 0.333. The van der Waals surface area contributed by atoms with Gasteiger partial charge in [0, 0.05) is 25.1 Å². The zero-order valence-electron chi connectivity index (χ0n) is 11.9. The van der Waals surface area contributed by atoms with E-state index in [1.165, 1.54) is 11.3 Å². The van der Waals surface area contributed by atoms with Crippen molar-refractivity contribution in [3.63, 3.8) is 0 Å². The lowest BCUT2D eigenvalue weighted by Gasteiger charge is -2.35. The number of rotatable bonds is 2. The van der Waals surface area contributed by atoms with Gasteiger partial charge < -0.3 is 4.90 Å². The van der Waals surface area contributed by atoms with Gasteiger partial charge in [0.1, 0.15) is 4.88 Å². The molecule has 3 aromatic heterocycles. The Labute approximate surface area is 131 Å². The molecule has 3 aromatic rings. The lowest BCUT2D eigenvalue weighted by molar-refractivity contribution is 0.0611. The number of carbonyl (C=O) groups is 1. The third-order valence-corrected chi connectivity index (χ3v) is 4.79. The molecule has 0 bridgehead atoms. The molecule has 1 aliphatic heterocycles. The molecule has 1 atom stereocenters. The molecule has 22 heavy (non-hydrogen) atoms. The molecule has 1 amide bonds. The molecule has 0 unspecified atom stereocenters. The van der Waals surface area contributed by atoms with E-state index in [1.54, 1.807) is 17.9 Å². The average Bonchev–Trinajstić information content (AvgIpc) is 3.24. The molecule has 0 spiro atoms. The van der Waals surface area contributed by atoms with E-state index in [-0.39, 0.29) is 11.9 Å². The van der Waals surface area contributed by atoms with Crippen molar-refractivity contribution >= 4 is 23.0 Å². The first kappa shape index (κ1) is 13.4. The molecule has 4 rings (SSSR count). The number of thiazole rings is 1. The van der Waals surface area contributed by atoms with Crippen LogP contribution in [0, 0.1) is 0 Å². The van der Waals surface area contributed by atoms with E-state index in [1.807, 2.05) is 27.8 Å². The molecule has 0 aromatic carbocycles. The van der Waals surface area contributed by atoms with Gasteiger partial charge in [0.05, 0.1) is 23.4 Å². The SMILES string of the molecule is O=C(c1cncs1)N1CCCC[C@@H]1c1ccn2ccnc2n1. The van der Waals surface area contributed by atoms with Gasteiger partial charge in [-0.15, -0.1) is 11.3 Å². The highest BCUT2D eigenvalue weighted by Gasteiger charge is 2.30. The summed E-state index contributed by atoms with van der Waals surface area (Å²) in [6, 6.07) is 2.00. The summed E-state index contributed by atoms with van der Waals surface area (Å²) < 4.78 is 1.88. The van der Waals surface area contributed by atoms with Gasteiger partial charge in [-0.1, -0.05) is 0 Å². The Morgan fingerprint density at radius 1 is 1.32 bits per heavy atom. The Bertz CT molecular complexity index is 797. The molecule has 0 saturated carbocycles. The largest absolute Gasteiger partial charge is 0.329 e. The number of aromatic nitrogens is 4. The lowest BCUT2D eigenvalue weighted by atomic mass is 9.99. The van der Waals surface area contributed by atoms with E-state index in [0.717, 1.165) is 31.5 Å². The predicted octanol–water partition coefficient (Wildman–Crippen LogP) is 2.55. The normalized spacial score (nSPS) is 18.7. The number of fused-ring (bicyclic) bond motifs is 1. The third kappa shape index (κ3) is 2.27. The fourth-order valence-corrected chi connectivity index (χ4v) is 3.52. The first-order chi connectivity index (χ1) is 10.8. The summed E-state index contributed by atoms with van der Waals surface area (Å²) in [5.41, 5.74) is 2.61. The first-order valence-electron chi connectivity index (χ1n) is 7.32. The van der Waals surface area contributed by atoms with Crippen LogP contribution < -0.4 is 0 Å². The van der Waals surface area contributed by atoms with Gasteiger partial charge in [0.25, 0.3) is 5.91 Å². The molecule has 112 valence electrons. The van der Waals surface area contributed by atoms with E-state index in [4.69, 9.17) is 0 Å². The van der Waals surface area contributed by atoms with Gasteiger partial charge in [-0.3, -0.25) is 14.2 Å². The molecule has 1 fully saturated rings. The van der Waals surface area contributed by atoms with Crippen LogP contribution in [0.1, 0.15) is 40.7 Å². The molecule has 1 aliphatic rings. The fourth-order valence-electron chi connectivity index (χ4n) is 2.95. The summed E-state index contributed by atoms with van der Waals surface area (Å²) in [6.07, 6.45) is 10.3. The van der Waals surface area contributed by atoms with Crippen molar-refractivity contribution in [3.8, 4) is 0 Å². The van der Waals surface area contributed by atoms with Crippen LogP contribution >= 0.6 is 11.3 Å². The minimum absolute atomic E-state index is 0.0186. The van der Waals surface area contributed by atoms with Gasteiger partial charge >= 0.3 is 0 Å². The standard InChI is InChI=1S/C15H15N5OS/c21-14(13-9-16-10-22-13)20-6-2-1-3-12(20)11-4-7-19-8-5-17-15(19)18-11/h4-5,7-10,12H,1-3,6H2/t12-/m1/s1. The Morgan fingerprint density at radius 3 is 3.14 bits per heavy atom. The second-order valence-electron chi connectivity index (χ2n) is 5.36. The molecule has 7 heteroatoms. The average molecular weight is 313 g/mol. The van der Waals surface area contributed by atoms with Gasteiger partial charge in [-0.2, -0.15) is 0 Å². The van der Waals surface area contributed by atoms with Crippen LogP contribution in [0.25, 0.3) is 5.78 Å². The Balaban J connectivity index is 1.69. The molecular formula is C15H15N5OS. The maximum absolute atomic E-state index is 12.7. The highest BCUT2D eigenvalue weighted by Crippen LogP contribution is 2.31. The quantitative estimate of drug-likeness (QED) is 0.729. The van der Waals surface area contributed by atoms with E-state index in [9.17, 15) is 4.79 Å². The molecule has 0 radical (unpaired) electrons. The summed E-state index contributed by atoms with van der Waals surface area (Å²) in [5.74, 6) is 0.727. The summed E-state index contributed by atoms with van der Waals surface area (Å²) in [4.78, 5) is 28.2. The molecular weight excluding hydrogens is 298 g/mol. The maximum Gasteiger partial charge on any atom is 0.266 e. The number of likely N-dealkylation sites (tertiary alicyclic amines) is 1. The minimum Gasteiger partial charge on any atom is -0.329 e. The third-order valence-electron chi connectivity index (χ3n) is 4.03. The predicted molar refractivity (Wildman–Crippen MR) is 82.7 cm³/mol. The zero-order valence-corrected chi connectivity index (χ0v) is 12.7. The highest BCUT2D eigenvalue weighted by atomic mass is 32.1. The van der Waals surface area contributed by atoms with E-state index in [2.05, 4.69) is 15.0 Å². The van der Waals surface area contributed by atoms with Gasteiger partial charge in [-0.05, 0) is 25.3 Å². The molecule has 1 saturated heterocycles. The van der Waals surface area contributed by atoms with Crippen LogP contribution in [0.5, 0.6) is 0 Å². The second kappa shape index (κ2) is 5.49. The first-order valence-corrected chi connectivity index (χ1v) is 8.20. The van der Waals surface area contributed by atoms with Crippen molar-refractivity contribution in [3.05, 3.63) is 46.9 Å². The molecule has 0 N–H and O–H groups in total. The Hall–Kier alpha value is -2.28. The number of hydrogen-bond donors (Lipinski definition) is 0. The van der Waals surface area contributed by atoms with E-state index in [0.29, 0.717) is 10.7 Å². The zero-order chi connectivity index (χ0) is 14.9. The van der Waals surface area contributed by atoms with Crippen molar-refractivity contribution in [2.24, 2.45) is 0 Å². The van der Waals surface area contributed by atoms with Crippen LogP contribution in [-0.2, 0) is 0 Å². The smallest absolute Gasteiger partial charge is 0.266 e. The summed E-state index contributed by atoms with van der Waals surface area (Å²) in [6.45, 7) is 0.767. The summed E-state index contributed by atoms with van der Waals surface area (Å²) in [5, 5.41) is 0. The van der Waals surface area contributed by atoms with Crippen LogP contribution in [0.3, 0.4) is 0 Å². The molecule has 4 heterocycles. The van der Waals surface area contributed by atoms with Gasteiger partial charge in [0.2, 0.25) is 5.78 Å². The minimum atomic E-state index is 0.0186. The van der Waals surface area contributed by atoms with Crippen LogP contribution in [0.4, 0.5) is 0 Å². The van der Waals surface area contributed by atoms with Crippen molar-refractivity contribution in [1.82, 2.24) is 24.3 Å². The number of imidazole rings is 1. The van der Waals surface area contributed by atoms with Crippen molar-refractivity contribution in [1.29, 1.82) is 0 Å². The highest BCUT2D eigenvalue weighted by molar-refractivity contribution is 7.11. The number of nitrogens with zero attached hydrogens (tertiary/aromatic N) is 5. The molecule has 0 aliphatic carbocycles. The second-order valence-corrected chi connectivity index (χ2v) is 6.25. The van der Waals surface area contributed by atoms with Gasteiger partial charge in [0.15, 0.2) is 0 Å². The number of amides is 1. The van der Waals surface area contributed by atoms with Crippen LogP contribution in [0.2, 0.25) is 0 Å². The summed E-state index contributed by atoms with van der Waals surface area (Å²) in [7, 11) is 0.